The number of carbonyl (C=O) groups excluding carboxylic acids is 1. The third-order valence-corrected chi connectivity index (χ3v) is 9.61. The van der Waals surface area contributed by atoms with Crippen molar-refractivity contribution in [2.24, 2.45) is 0 Å². The van der Waals surface area contributed by atoms with Crippen molar-refractivity contribution >= 4 is 13.7 Å². The van der Waals surface area contributed by atoms with Gasteiger partial charge < -0.3 is 28.8 Å². The van der Waals surface area contributed by atoms with Gasteiger partial charge in [0.25, 0.3) is 7.82 Å². The van der Waals surface area contributed by atoms with Crippen LogP contribution in [0.5, 0.6) is 0 Å². The molecule has 0 aromatic carbocycles. The number of unbranched alkanes of at least 4 members (excludes halogenated alkanes) is 13. The molecule has 1 amide bonds. The van der Waals surface area contributed by atoms with Gasteiger partial charge in [-0.2, -0.15) is 0 Å². The highest BCUT2D eigenvalue weighted by atomic mass is 31.2. The van der Waals surface area contributed by atoms with Crippen LogP contribution in [0, 0.1) is 0 Å². The van der Waals surface area contributed by atoms with Crippen molar-refractivity contribution in [2.45, 2.75) is 161 Å². The average Bonchev–Trinajstić information content (AvgIpc) is 3.10. The number of allylic oxidation sites excluding steroid dienone is 11. The van der Waals surface area contributed by atoms with Crippen LogP contribution in [-0.4, -0.2) is 68.5 Å². The fraction of sp³-hybridized carbons (Fsp3) is 0.705. The Morgan fingerprint density at radius 1 is 0.679 bits per heavy atom. The number of aliphatic hydroxyl groups excluding tert-OH is 1. The maximum Gasteiger partial charge on any atom is 0.268 e. The molecule has 0 saturated heterocycles. The molecule has 3 unspecified atom stereocenters. The van der Waals surface area contributed by atoms with Gasteiger partial charge in [0, 0.05) is 6.42 Å². The van der Waals surface area contributed by atoms with E-state index in [2.05, 4.69) is 79.9 Å². The standard InChI is InChI=1S/C44H79N2O6P/c1-6-8-10-12-14-16-18-20-22-24-25-27-29-31-33-35-37-43(47)42(41-52-53(49,50)51-40-39-46(3,4)5)45-44(48)38-36-34-32-30-28-26-23-21-19-17-15-13-11-9-7-2/h9,11,15,17,21,23,27-30,35,37,42-43,47H,6-8,10,12-14,16,18-20,22,24-26,31-34,36,38-41H2,1-5H3,(H-,45,48,49,50)/b11-9-,17-15-,23-21-,29-27+,30-28-,37-35+. The lowest BCUT2D eigenvalue weighted by Crippen LogP contribution is -2.45. The van der Waals surface area contributed by atoms with Gasteiger partial charge in [-0.05, 0) is 70.6 Å². The number of aliphatic hydroxyl groups is 1. The highest BCUT2D eigenvalue weighted by Crippen LogP contribution is 2.38. The number of rotatable bonds is 36. The zero-order valence-corrected chi connectivity index (χ0v) is 35.3. The van der Waals surface area contributed by atoms with Gasteiger partial charge in [0.15, 0.2) is 0 Å². The molecule has 0 aliphatic heterocycles. The zero-order chi connectivity index (χ0) is 39.3. The molecule has 0 aromatic heterocycles. The maximum atomic E-state index is 12.8. The van der Waals surface area contributed by atoms with Crippen LogP contribution in [-0.2, 0) is 18.4 Å². The van der Waals surface area contributed by atoms with E-state index in [0.29, 0.717) is 17.4 Å². The average molecular weight is 763 g/mol. The summed E-state index contributed by atoms with van der Waals surface area (Å²) in [7, 11) is 1.20. The molecule has 0 aromatic rings. The highest BCUT2D eigenvalue weighted by molar-refractivity contribution is 7.45. The second-order valence-corrected chi connectivity index (χ2v) is 16.4. The SMILES string of the molecule is CC/C=C\C/C=C\C/C=C\C/C=C\CCCCC(=O)NC(COP(=O)([O-])OCC[N+](C)(C)C)C(O)/C=C/CC/C=C/CCCCCCCCCCCC. The van der Waals surface area contributed by atoms with Crippen LogP contribution in [0.3, 0.4) is 0 Å². The summed E-state index contributed by atoms with van der Waals surface area (Å²) in [5.41, 5.74) is 0. The molecule has 0 aliphatic rings. The number of amides is 1. The van der Waals surface area contributed by atoms with E-state index in [1.165, 1.54) is 64.2 Å². The lowest BCUT2D eigenvalue weighted by Gasteiger charge is -2.29. The second kappa shape index (κ2) is 35.6. The molecule has 0 fully saturated rings. The molecular formula is C44H79N2O6P. The quantitative estimate of drug-likeness (QED) is 0.0285. The molecule has 9 heteroatoms. The van der Waals surface area contributed by atoms with E-state index in [9.17, 15) is 19.4 Å². The summed E-state index contributed by atoms with van der Waals surface area (Å²) in [6, 6.07) is -0.927. The minimum absolute atomic E-state index is 0.0181. The summed E-state index contributed by atoms with van der Waals surface area (Å²) >= 11 is 0. The lowest BCUT2D eigenvalue weighted by atomic mass is 10.1. The number of nitrogens with one attached hydrogen (secondary N) is 1. The predicted molar refractivity (Wildman–Crippen MR) is 223 cm³/mol. The first-order valence-electron chi connectivity index (χ1n) is 20.8. The minimum Gasteiger partial charge on any atom is -0.756 e. The van der Waals surface area contributed by atoms with Crippen molar-refractivity contribution in [2.75, 3.05) is 40.9 Å². The molecule has 53 heavy (non-hydrogen) atoms. The first-order valence-corrected chi connectivity index (χ1v) is 22.3. The van der Waals surface area contributed by atoms with E-state index in [4.69, 9.17) is 9.05 Å². The Bertz CT molecular complexity index is 1090. The Morgan fingerprint density at radius 3 is 1.75 bits per heavy atom. The molecule has 0 saturated carbocycles. The Hall–Kier alpha value is -2.06. The third kappa shape index (κ3) is 38.0. The van der Waals surface area contributed by atoms with Crippen LogP contribution >= 0.6 is 7.82 Å². The lowest BCUT2D eigenvalue weighted by molar-refractivity contribution is -0.870. The van der Waals surface area contributed by atoms with Gasteiger partial charge in [-0.25, -0.2) is 0 Å². The van der Waals surface area contributed by atoms with Gasteiger partial charge in [-0.15, -0.1) is 0 Å². The summed E-state index contributed by atoms with van der Waals surface area (Å²) < 4.78 is 23.1. The van der Waals surface area contributed by atoms with E-state index >= 15 is 0 Å². The largest absolute Gasteiger partial charge is 0.756 e. The number of phosphoric acid groups is 1. The summed E-state index contributed by atoms with van der Waals surface area (Å²) in [5.74, 6) is -0.252. The van der Waals surface area contributed by atoms with E-state index in [-0.39, 0.29) is 18.9 Å². The van der Waals surface area contributed by atoms with Gasteiger partial charge in [0.1, 0.15) is 13.2 Å². The molecule has 0 heterocycles. The van der Waals surface area contributed by atoms with Crippen LogP contribution < -0.4 is 10.2 Å². The Balaban J connectivity index is 4.63. The van der Waals surface area contributed by atoms with Crippen molar-refractivity contribution in [3.63, 3.8) is 0 Å². The molecule has 3 atom stereocenters. The minimum atomic E-state index is -4.61. The van der Waals surface area contributed by atoms with Gasteiger partial charge in [-0.1, -0.05) is 145 Å². The summed E-state index contributed by atoms with van der Waals surface area (Å²) in [5, 5.41) is 13.7. The van der Waals surface area contributed by atoms with Gasteiger partial charge >= 0.3 is 0 Å². The van der Waals surface area contributed by atoms with Gasteiger partial charge in [0.05, 0.1) is 39.9 Å². The van der Waals surface area contributed by atoms with Gasteiger partial charge in [0.2, 0.25) is 5.91 Å². The van der Waals surface area contributed by atoms with E-state index in [1.807, 2.05) is 27.2 Å². The van der Waals surface area contributed by atoms with E-state index in [0.717, 1.165) is 57.8 Å². The predicted octanol–water partition coefficient (Wildman–Crippen LogP) is 10.6. The maximum absolute atomic E-state index is 12.8. The number of nitrogens with zero attached hydrogens (tertiary/aromatic N) is 1. The highest BCUT2D eigenvalue weighted by Gasteiger charge is 2.23. The van der Waals surface area contributed by atoms with Crippen LogP contribution in [0.1, 0.15) is 149 Å². The van der Waals surface area contributed by atoms with E-state index in [1.54, 1.807) is 6.08 Å². The molecule has 0 aliphatic carbocycles. The molecule has 0 spiro atoms. The van der Waals surface area contributed by atoms with Crippen molar-refractivity contribution < 1.29 is 32.9 Å². The Morgan fingerprint density at radius 2 is 1.17 bits per heavy atom. The zero-order valence-electron chi connectivity index (χ0n) is 34.4. The summed E-state index contributed by atoms with van der Waals surface area (Å²) in [6.45, 7) is 4.44. The molecule has 0 bridgehead atoms. The fourth-order valence-electron chi connectivity index (χ4n) is 5.33. The number of carbonyl (C=O) groups is 1. The monoisotopic (exact) mass is 763 g/mol. The molecule has 8 nitrogen and oxygen atoms in total. The normalized spacial score (nSPS) is 15.2. The first-order chi connectivity index (χ1) is 25.5. The number of quaternary nitrogens is 1. The molecular weight excluding hydrogens is 683 g/mol. The van der Waals surface area contributed by atoms with Crippen molar-refractivity contribution in [3.8, 4) is 0 Å². The molecule has 0 rings (SSSR count). The smallest absolute Gasteiger partial charge is 0.268 e. The van der Waals surface area contributed by atoms with Crippen molar-refractivity contribution in [1.29, 1.82) is 0 Å². The van der Waals surface area contributed by atoms with Crippen LogP contribution in [0.15, 0.2) is 72.9 Å². The Labute approximate surface area is 325 Å². The topological polar surface area (TPSA) is 108 Å². The number of hydrogen-bond acceptors (Lipinski definition) is 6. The van der Waals surface area contributed by atoms with Crippen molar-refractivity contribution in [3.05, 3.63) is 72.9 Å². The molecule has 2 N–H and O–H groups in total. The van der Waals surface area contributed by atoms with Crippen LogP contribution in [0.2, 0.25) is 0 Å². The fourth-order valence-corrected chi connectivity index (χ4v) is 6.06. The summed E-state index contributed by atoms with van der Waals surface area (Å²) in [4.78, 5) is 25.2. The molecule has 306 valence electrons. The third-order valence-electron chi connectivity index (χ3n) is 8.65. The Kier molecular flexibility index (Phi) is 34.2. The number of phosphoric ester groups is 1. The number of hydrogen-bond donors (Lipinski definition) is 2. The number of likely N-dealkylation sites (N-methyl/N-ethyl adjacent to an activating group) is 1. The van der Waals surface area contributed by atoms with Crippen molar-refractivity contribution in [1.82, 2.24) is 5.32 Å². The van der Waals surface area contributed by atoms with Crippen LogP contribution in [0.25, 0.3) is 0 Å². The van der Waals surface area contributed by atoms with Gasteiger partial charge in [-0.3, -0.25) is 9.36 Å². The second-order valence-electron chi connectivity index (χ2n) is 14.9. The first kappa shape index (κ1) is 50.9. The van der Waals surface area contributed by atoms with E-state index < -0.39 is 26.6 Å². The van der Waals surface area contributed by atoms with Crippen LogP contribution in [0.4, 0.5) is 0 Å². The summed E-state index contributed by atoms with van der Waals surface area (Å²) in [6.07, 6.45) is 46.7. The molecule has 0 radical (unpaired) electrons.